The lowest BCUT2D eigenvalue weighted by atomic mass is 10.1. The second kappa shape index (κ2) is 4.83. The van der Waals surface area contributed by atoms with Crippen LogP contribution in [-0.4, -0.2) is 4.98 Å². The van der Waals surface area contributed by atoms with Crippen molar-refractivity contribution in [3.8, 4) is 11.8 Å². The van der Waals surface area contributed by atoms with E-state index in [9.17, 15) is 13.2 Å². The van der Waals surface area contributed by atoms with Gasteiger partial charge in [-0.25, -0.2) is 4.98 Å². The number of aryl methyl sites for hydroxylation is 1. The van der Waals surface area contributed by atoms with E-state index < -0.39 is 11.7 Å². The van der Waals surface area contributed by atoms with Gasteiger partial charge in [-0.1, -0.05) is 12.0 Å². The van der Waals surface area contributed by atoms with Gasteiger partial charge in [-0.3, -0.25) is 0 Å². The lowest BCUT2D eigenvalue weighted by molar-refractivity contribution is -0.137. The van der Waals surface area contributed by atoms with Crippen LogP contribution in [0.4, 0.5) is 13.2 Å². The van der Waals surface area contributed by atoms with Gasteiger partial charge in [-0.15, -0.1) is 11.3 Å². The summed E-state index contributed by atoms with van der Waals surface area (Å²) in [5, 5.41) is 2.65. The minimum Gasteiger partial charge on any atom is -0.233 e. The molecule has 0 bridgehead atoms. The Balaban J connectivity index is 2.28. The number of aromatic nitrogens is 1. The van der Waals surface area contributed by atoms with Crippen LogP contribution in [0.15, 0.2) is 29.6 Å². The quantitative estimate of drug-likeness (QED) is 0.660. The maximum Gasteiger partial charge on any atom is 0.416 e. The van der Waals surface area contributed by atoms with E-state index in [0.717, 1.165) is 17.1 Å². The zero-order valence-corrected chi connectivity index (χ0v) is 10.2. The van der Waals surface area contributed by atoms with Gasteiger partial charge in [-0.2, -0.15) is 13.2 Å². The highest BCUT2D eigenvalue weighted by atomic mass is 32.1. The fourth-order valence-corrected chi connectivity index (χ4v) is 1.88. The standard InChI is InChI=1S/C13H8F3NS/c1-9-17-12(8-18-9)6-5-10-3-2-4-11(7-10)13(14,15)16/h2-4,7-8H,1H3. The number of rotatable bonds is 0. The van der Waals surface area contributed by atoms with Crippen molar-refractivity contribution in [2.24, 2.45) is 0 Å². The van der Waals surface area contributed by atoms with E-state index in [0.29, 0.717) is 11.3 Å². The van der Waals surface area contributed by atoms with E-state index in [2.05, 4.69) is 16.8 Å². The monoisotopic (exact) mass is 267 g/mol. The van der Waals surface area contributed by atoms with Gasteiger partial charge < -0.3 is 0 Å². The number of hydrogen-bond acceptors (Lipinski definition) is 2. The molecule has 0 N–H and O–H groups in total. The Morgan fingerprint density at radius 3 is 2.61 bits per heavy atom. The van der Waals surface area contributed by atoms with Crippen LogP contribution in [0.25, 0.3) is 0 Å². The molecule has 0 aliphatic carbocycles. The van der Waals surface area contributed by atoms with E-state index in [1.807, 2.05) is 6.92 Å². The van der Waals surface area contributed by atoms with Crippen LogP contribution in [0.5, 0.6) is 0 Å². The minimum atomic E-state index is -4.34. The molecule has 0 aliphatic heterocycles. The van der Waals surface area contributed by atoms with Gasteiger partial charge in [0, 0.05) is 10.9 Å². The maximum absolute atomic E-state index is 12.5. The normalized spacial score (nSPS) is 10.9. The average Bonchev–Trinajstić information content (AvgIpc) is 2.72. The van der Waals surface area contributed by atoms with Gasteiger partial charge in [0.15, 0.2) is 0 Å². The van der Waals surface area contributed by atoms with Crippen LogP contribution in [0.1, 0.15) is 21.8 Å². The third-order valence-corrected chi connectivity index (χ3v) is 2.92. The van der Waals surface area contributed by atoms with Gasteiger partial charge >= 0.3 is 6.18 Å². The summed E-state index contributed by atoms with van der Waals surface area (Å²) in [4.78, 5) is 4.12. The highest BCUT2D eigenvalue weighted by molar-refractivity contribution is 7.09. The van der Waals surface area contributed by atoms with E-state index in [1.54, 1.807) is 11.4 Å². The summed E-state index contributed by atoms with van der Waals surface area (Å²) in [7, 11) is 0. The first-order valence-corrected chi connectivity index (χ1v) is 5.94. The summed E-state index contributed by atoms with van der Waals surface area (Å²) >= 11 is 1.45. The Kier molecular flexibility index (Phi) is 3.39. The molecule has 1 nitrogen and oxygen atoms in total. The number of alkyl halides is 3. The zero-order valence-electron chi connectivity index (χ0n) is 9.38. The van der Waals surface area contributed by atoms with Crippen LogP contribution in [0.3, 0.4) is 0 Å². The minimum absolute atomic E-state index is 0.329. The molecule has 5 heteroatoms. The Bertz CT molecular complexity index is 617. The van der Waals surface area contributed by atoms with Crippen molar-refractivity contribution in [3.63, 3.8) is 0 Å². The smallest absolute Gasteiger partial charge is 0.233 e. The SMILES string of the molecule is Cc1nc(C#Cc2cccc(C(F)(F)F)c2)cs1. The lowest BCUT2D eigenvalue weighted by Crippen LogP contribution is -2.04. The van der Waals surface area contributed by atoms with Crippen molar-refractivity contribution in [2.75, 3.05) is 0 Å². The average molecular weight is 267 g/mol. The van der Waals surface area contributed by atoms with Crippen LogP contribution in [-0.2, 0) is 6.18 Å². The van der Waals surface area contributed by atoms with Gasteiger partial charge in [0.05, 0.1) is 10.6 Å². The Morgan fingerprint density at radius 1 is 1.22 bits per heavy atom. The molecule has 0 aliphatic rings. The summed E-state index contributed by atoms with van der Waals surface area (Å²) in [5.74, 6) is 5.42. The molecule has 0 spiro atoms. The molecule has 2 rings (SSSR count). The molecule has 1 heterocycles. The van der Waals surface area contributed by atoms with Gasteiger partial charge in [0.25, 0.3) is 0 Å². The molecule has 0 amide bonds. The number of benzene rings is 1. The summed E-state index contributed by atoms with van der Waals surface area (Å²) in [6.07, 6.45) is -4.34. The fourth-order valence-electron chi connectivity index (χ4n) is 1.33. The summed E-state index contributed by atoms with van der Waals surface area (Å²) < 4.78 is 37.4. The fraction of sp³-hybridized carbons (Fsp3) is 0.154. The maximum atomic E-state index is 12.5. The molecular weight excluding hydrogens is 259 g/mol. The molecule has 1 aromatic carbocycles. The largest absolute Gasteiger partial charge is 0.416 e. The number of hydrogen-bond donors (Lipinski definition) is 0. The number of halogens is 3. The van der Waals surface area contributed by atoms with E-state index in [1.165, 1.54) is 17.4 Å². The first-order valence-electron chi connectivity index (χ1n) is 5.06. The van der Waals surface area contributed by atoms with Gasteiger partial charge in [-0.05, 0) is 31.0 Å². The number of thiazole rings is 1. The second-order valence-electron chi connectivity index (χ2n) is 3.58. The third-order valence-electron chi connectivity index (χ3n) is 2.14. The van der Waals surface area contributed by atoms with Crippen LogP contribution in [0.2, 0.25) is 0 Å². The molecule has 2 aromatic rings. The molecular formula is C13H8F3NS. The van der Waals surface area contributed by atoms with Crippen LogP contribution >= 0.6 is 11.3 Å². The Hall–Kier alpha value is -1.80. The predicted octanol–water partition coefficient (Wildman–Crippen LogP) is 3.87. The van der Waals surface area contributed by atoms with Crippen molar-refractivity contribution in [3.05, 3.63) is 51.5 Å². The van der Waals surface area contributed by atoms with Crippen molar-refractivity contribution in [1.29, 1.82) is 0 Å². The summed E-state index contributed by atoms with van der Waals surface area (Å²) in [6, 6.07) is 4.95. The van der Waals surface area contributed by atoms with Gasteiger partial charge in [0.2, 0.25) is 0 Å². The first kappa shape index (κ1) is 12.7. The van der Waals surface area contributed by atoms with Crippen molar-refractivity contribution < 1.29 is 13.2 Å². The molecule has 92 valence electrons. The van der Waals surface area contributed by atoms with Crippen LogP contribution in [0, 0.1) is 18.8 Å². The van der Waals surface area contributed by atoms with Gasteiger partial charge in [0.1, 0.15) is 5.69 Å². The molecule has 0 fully saturated rings. The zero-order chi connectivity index (χ0) is 13.2. The number of nitrogens with zero attached hydrogens (tertiary/aromatic N) is 1. The van der Waals surface area contributed by atoms with Crippen molar-refractivity contribution in [1.82, 2.24) is 4.98 Å². The molecule has 1 aromatic heterocycles. The van der Waals surface area contributed by atoms with Crippen molar-refractivity contribution >= 4 is 11.3 Å². The Labute approximate surface area is 106 Å². The van der Waals surface area contributed by atoms with E-state index in [-0.39, 0.29) is 0 Å². The first-order chi connectivity index (χ1) is 8.45. The molecule has 0 saturated carbocycles. The highest BCUT2D eigenvalue weighted by Gasteiger charge is 2.30. The third kappa shape index (κ3) is 3.11. The highest BCUT2D eigenvalue weighted by Crippen LogP contribution is 2.29. The van der Waals surface area contributed by atoms with E-state index >= 15 is 0 Å². The molecule has 18 heavy (non-hydrogen) atoms. The molecule has 0 unspecified atom stereocenters. The van der Waals surface area contributed by atoms with Crippen molar-refractivity contribution in [2.45, 2.75) is 13.1 Å². The summed E-state index contributed by atoms with van der Waals surface area (Å²) in [5.41, 5.74) is 0.217. The summed E-state index contributed by atoms with van der Waals surface area (Å²) in [6.45, 7) is 1.85. The van der Waals surface area contributed by atoms with Crippen LogP contribution < -0.4 is 0 Å². The lowest BCUT2D eigenvalue weighted by Gasteiger charge is -2.05. The Morgan fingerprint density at radius 2 is 2.00 bits per heavy atom. The molecule has 0 atom stereocenters. The topological polar surface area (TPSA) is 12.9 Å². The molecule has 0 saturated heterocycles. The second-order valence-corrected chi connectivity index (χ2v) is 4.64. The molecule has 0 radical (unpaired) electrons. The van der Waals surface area contributed by atoms with E-state index in [4.69, 9.17) is 0 Å². The predicted molar refractivity (Wildman–Crippen MR) is 64.3 cm³/mol.